The van der Waals surface area contributed by atoms with E-state index in [2.05, 4.69) is 31.3 Å². The van der Waals surface area contributed by atoms with E-state index in [1.54, 1.807) is 6.08 Å². The van der Waals surface area contributed by atoms with Crippen molar-refractivity contribution in [1.29, 1.82) is 0 Å². The molecule has 0 bridgehead atoms. The number of nitrogens with one attached hydrogen (secondary N) is 1. The summed E-state index contributed by atoms with van der Waals surface area (Å²) in [5.74, 6) is -0.0582. The van der Waals surface area contributed by atoms with Crippen LogP contribution in [0.4, 0.5) is 0 Å². The predicted molar refractivity (Wildman–Crippen MR) is 292 cm³/mol. The van der Waals surface area contributed by atoms with Gasteiger partial charge in [0.15, 0.2) is 0 Å². The molecule has 0 saturated carbocycles. The zero-order valence-electron chi connectivity index (χ0n) is 45.1. The highest BCUT2D eigenvalue weighted by molar-refractivity contribution is 5.76. The van der Waals surface area contributed by atoms with Crippen LogP contribution in [0, 0.1) is 0 Å². The van der Waals surface area contributed by atoms with Crippen LogP contribution in [0.3, 0.4) is 0 Å². The monoisotopic (exact) mass is 944 g/mol. The summed E-state index contributed by atoms with van der Waals surface area (Å²) in [6.07, 6.45) is 69.5. The molecule has 67 heavy (non-hydrogen) atoms. The lowest BCUT2D eigenvalue weighted by Gasteiger charge is -2.20. The second kappa shape index (κ2) is 56.9. The molecule has 0 aromatic carbocycles. The molecule has 2 unspecified atom stereocenters. The van der Waals surface area contributed by atoms with Crippen molar-refractivity contribution < 1.29 is 24.5 Å². The molecule has 3 N–H and O–H groups in total. The standard InChI is InChI=1S/C61H117NO5/c1-3-5-7-9-11-13-14-15-32-35-39-43-47-51-55-61(66)67-56-52-48-44-40-36-33-30-28-26-24-22-20-18-16-17-19-21-23-25-27-29-31-34-38-42-46-50-54-60(65)62-58(57-63)59(64)53-49-45-41-37-12-10-8-6-4-2/h14-15,49,53,58-59,63-64H,3-13,16-48,50-52,54-57H2,1-2H3,(H,62,65)/b15-14-,53-49+. The first-order valence-electron chi connectivity index (χ1n) is 30.1. The van der Waals surface area contributed by atoms with Crippen LogP contribution in [0.25, 0.3) is 0 Å². The zero-order valence-corrected chi connectivity index (χ0v) is 45.1. The maximum atomic E-state index is 12.4. The molecule has 2 atom stereocenters. The van der Waals surface area contributed by atoms with Crippen molar-refractivity contribution in [2.24, 2.45) is 0 Å². The topological polar surface area (TPSA) is 95.9 Å². The number of aliphatic hydroxyl groups is 2. The third kappa shape index (κ3) is 53.5. The number of amides is 1. The van der Waals surface area contributed by atoms with E-state index < -0.39 is 12.1 Å². The van der Waals surface area contributed by atoms with Crippen LogP contribution in [0.15, 0.2) is 24.3 Å². The van der Waals surface area contributed by atoms with Gasteiger partial charge in [-0.15, -0.1) is 0 Å². The molecule has 0 rings (SSSR count). The molecule has 0 aromatic rings. The Kier molecular flexibility index (Phi) is 55.5. The highest BCUT2D eigenvalue weighted by Crippen LogP contribution is 2.17. The molecule has 0 radical (unpaired) electrons. The van der Waals surface area contributed by atoms with Gasteiger partial charge in [0.1, 0.15) is 0 Å². The van der Waals surface area contributed by atoms with Crippen LogP contribution in [0.5, 0.6) is 0 Å². The van der Waals surface area contributed by atoms with Crippen LogP contribution in [-0.4, -0.2) is 47.4 Å². The van der Waals surface area contributed by atoms with Gasteiger partial charge in [0.2, 0.25) is 5.91 Å². The average molecular weight is 945 g/mol. The molecule has 6 nitrogen and oxygen atoms in total. The Labute approximate surface area is 418 Å². The molecule has 0 spiro atoms. The fourth-order valence-electron chi connectivity index (χ4n) is 9.34. The molecular weight excluding hydrogens is 827 g/mol. The molecule has 0 aliphatic carbocycles. The van der Waals surface area contributed by atoms with E-state index in [9.17, 15) is 19.8 Å². The van der Waals surface area contributed by atoms with Gasteiger partial charge in [0.05, 0.1) is 25.4 Å². The zero-order chi connectivity index (χ0) is 48.6. The molecule has 0 aliphatic rings. The molecule has 0 aromatic heterocycles. The molecular formula is C61H117NO5. The Balaban J connectivity index is 3.33. The fourth-order valence-corrected chi connectivity index (χ4v) is 9.34. The van der Waals surface area contributed by atoms with Crippen molar-refractivity contribution in [1.82, 2.24) is 5.32 Å². The fraction of sp³-hybridized carbons (Fsp3) is 0.902. The third-order valence-electron chi connectivity index (χ3n) is 14.0. The minimum Gasteiger partial charge on any atom is -0.466 e. The molecule has 1 amide bonds. The SMILES string of the molecule is CCCCCCC/C=C\CCCCCCCC(=O)OCCCCCCCCCCCCCCCCCCCCCCCCCCCCCC(=O)NC(CO)C(O)/C=C/CCCCCCCCC. The number of hydrogen-bond donors (Lipinski definition) is 3. The maximum absolute atomic E-state index is 12.4. The van der Waals surface area contributed by atoms with E-state index >= 15 is 0 Å². The van der Waals surface area contributed by atoms with Crippen LogP contribution in [-0.2, 0) is 14.3 Å². The van der Waals surface area contributed by atoms with Gasteiger partial charge < -0.3 is 20.3 Å². The van der Waals surface area contributed by atoms with Gasteiger partial charge in [-0.1, -0.05) is 282 Å². The summed E-state index contributed by atoms with van der Waals surface area (Å²) in [6.45, 7) is 4.88. The summed E-state index contributed by atoms with van der Waals surface area (Å²) < 4.78 is 5.48. The highest BCUT2D eigenvalue weighted by atomic mass is 16.5. The second-order valence-electron chi connectivity index (χ2n) is 20.7. The number of allylic oxidation sites excluding steroid dienone is 3. The van der Waals surface area contributed by atoms with E-state index in [0.717, 1.165) is 44.9 Å². The number of rotatable bonds is 56. The summed E-state index contributed by atoms with van der Waals surface area (Å²) in [5.41, 5.74) is 0. The largest absolute Gasteiger partial charge is 0.466 e. The van der Waals surface area contributed by atoms with Crippen molar-refractivity contribution in [3.63, 3.8) is 0 Å². The first-order chi connectivity index (χ1) is 33.0. The summed E-state index contributed by atoms with van der Waals surface area (Å²) in [7, 11) is 0. The third-order valence-corrected chi connectivity index (χ3v) is 14.0. The van der Waals surface area contributed by atoms with Gasteiger partial charge >= 0.3 is 5.97 Å². The Morgan fingerprint density at radius 2 is 0.701 bits per heavy atom. The molecule has 396 valence electrons. The van der Waals surface area contributed by atoms with Gasteiger partial charge in [-0.2, -0.15) is 0 Å². The van der Waals surface area contributed by atoms with Gasteiger partial charge in [0, 0.05) is 12.8 Å². The summed E-state index contributed by atoms with van der Waals surface area (Å²) in [6, 6.07) is -0.623. The smallest absolute Gasteiger partial charge is 0.305 e. The van der Waals surface area contributed by atoms with Crippen LogP contribution in [0.1, 0.15) is 328 Å². The summed E-state index contributed by atoms with van der Waals surface area (Å²) >= 11 is 0. The van der Waals surface area contributed by atoms with Crippen molar-refractivity contribution in [2.45, 2.75) is 341 Å². The number of hydrogen-bond acceptors (Lipinski definition) is 5. The Morgan fingerprint density at radius 1 is 0.403 bits per heavy atom. The van der Waals surface area contributed by atoms with Gasteiger partial charge in [-0.3, -0.25) is 9.59 Å². The predicted octanol–water partition coefficient (Wildman–Crippen LogP) is 18.6. The van der Waals surface area contributed by atoms with Crippen molar-refractivity contribution in [3.05, 3.63) is 24.3 Å². The minimum atomic E-state index is -0.839. The lowest BCUT2D eigenvalue weighted by atomic mass is 10.0. The Bertz CT molecular complexity index is 1040. The van der Waals surface area contributed by atoms with E-state index in [4.69, 9.17) is 4.74 Å². The highest BCUT2D eigenvalue weighted by Gasteiger charge is 2.18. The summed E-state index contributed by atoms with van der Waals surface area (Å²) in [4.78, 5) is 24.4. The average Bonchev–Trinajstić information content (AvgIpc) is 3.33. The van der Waals surface area contributed by atoms with Crippen molar-refractivity contribution in [3.8, 4) is 0 Å². The van der Waals surface area contributed by atoms with E-state index in [0.29, 0.717) is 19.4 Å². The second-order valence-corrected chi connectivity index (χ2v) is 20.7. The molecule has 6 heteroatoms. The van der Waals surface area contributed by atoms with Gasteiger partial charge in [-0.05, 0) is 57.8 Å². The number of unbranched alkanes of at least 4 members (excludes halogenated alkanes) is 43. The Hall–Kier alpha value is -1.66. The first kappa shape index (κ1) is 65.3. The van der Waals surface area contributed by atoms with E-state index in [1.807, 2.05) is 6.08 Å². The van der Waals surface area contributed by atoms with Gasteiger partial charge in [0.25, 0.3) is 0 Å². The first-order valence-corrected chi connectivity index (χ1v) is 30.1. The van der Waals surface area contributed by atoms with Crippen LogP contribution in [0.2, 0.25) is 0 Å². The molecule has 0 aliphatic heterocycles. The maximum Gasteiger partial charge on any atom is 0.305 e. The molecule has 0 heterocycles. The molecule has 0 fully saturated rings. The number of carbonyl (C=O) groups is 2. The van der Waals surface area contributed by atoms with Crippen LogP contribution < -0.4 is 5.32 Å². The number of aliphatic hydroxyl groups excluding tert-OH is 2. The van der Waals surface area contributed by atoms with Crippen molar-refractivity contribution in [2.75, 3.05) is 13.2 Å². The Morgan fingerprint density at radius 3 is 1.06 bits per heavy atom. The van der Waals surface area contributed by atoms with Crippen molar-refractivity contribution >= 4 is 11.9 Å². The van der Waals surface area contributed by atoms with Crippen LogP contribution >= 0.6 is 0 Å². The van der Waals surface area contributed by atoms with E-state index in [1.165, 1.54) is 257 Å². The van der Waals surface area contributed by atoms with E-state index in [-0.39, 0.29) is 18.5 Å². The lowest BCUT2D eigenvalue weighted by molar-refractivity contribution is -0.143. The summed E-state index contributed by atoms with van der Waals surface area (Å²) in [5, 5.41) is 22.9. The lowest BCUT2D eigenvalue weighted by Crippen LogP contribution is -2.45. The quantitative estimate of drug-likeness (QED) is 0.0321. The number of esters is 1. The van der Waals surface area contributed by atoms with Gasteiger partial charge in [-0.25, -0.2) is 0 Å². The normalized spacial score (nSPS) is 12.7. The number of ether oxygens (including phenoxy) is 1. The minimum absolute atomic E-state index is 0.00907. The number of carbonyl (C=O) groups excluding carboxylic acids is 2. The molecule has 0 saturated heterocycles.